The molecular weight excluding hydrogens is 689 g/mol. The van der Waals surface area contributed by atoms with Crippen LogP contribution >= 0.6 is 0 Å². The summed E-state index contributed by atoms with van der Waals surface area (Å²) in [5.41, 5.74) is 9.32. The molecule has 4 heteroatoms. The van der Waals surface area contributed by atoms with Crippen LogP contribution < -0.4 is 0 Å². The molecule has 270 valence electrons. The summed E-state index contributed by atoms with van der Waals surface area (Å²) >= 11 is 0. The summed E-state index contributed by atoms with van der Waals surface area (Å²) in [5, 5.41) is 8.69. The van der Waals surface area contributed by atoms with Crippen LogP contribution in [0.4, 0.5) is 0 Å². The minimum absolute atomic E-state index is 0.308. The monoisotopic (exact) mass is 726 g/mol. The summed E-state index contributed by atoms with van der Waals surface area (Å²) in [6.45, 7) is 4.28. The molecule has 0 unspecified atom stereocenters. The molecule has 0 aliphatic rings. The van der Waals surface area contributed by atoms with E-state index < -0.39 is 0 Å². The lowest BCUT2D eigenvalue weighted by Crippen LogP contribution is -2.06. The molecule has 0 fully saturated rings. The van der Waals surface area contributed by atoms with E-state index >= 15 is 0 Å². The fourth-order valence-electron chi connectivity index (χ4n) is 8.44. The van der Waals surface area contributed by atoms with Crippen molar-refractivity contribution in [2.45, 2.75) is 13.8 Å². The number of esters is 2. The Kier molecular flexibility index (Phi) is 9.08. The van der Waals surface area contributed by atoms with E-state index in [-0.39, 0.29) is 11.9 Å². The number of carbonyl (C=O) groups is 2. The second-order valence-corrected chi connectivity index (χ2v) is 13.8. The van der Waals surface area contributed by atoms with Crippen LogP contribution in [0, 0.1) is 0 Å². The quantitative estimate of drug-likeness (QED) is 0.116. The highest BCUT2D eigenvalue weighted by Gasteiger charge is 2.23. The lowest BCUT2D eigenvalue weighted by atomic mass is 9.83. The molecule has 9 aromatic rings. The fraction of sp³-hybridized carbons (Fsp3) is 0.0769. The Balaban J connectivity index is 1.25. The molecule has 56 heavy (non-hydrogen) atoms. The van der Waals surface area contributed by atoms with Crippen LogP contribution in [0.15, 0.2) is 170 Å². The maximum atomic E-state index is 13.2. The van der Waals surface area contributed by atoms with Crippen molar-refractivity contribution >= 4 is 55.0 Å². The Hall–Kier alpha value is -7.04. The van der Waals surface area contributed by atoms with Crippen molar-refractivity contribution in [3.05, 3.63) is 181 Å². The molecular formula is C52H38O4. The summed E-state index contributed by atoms with van der Waals surface area (Å²) in [6.07, 6.45) is 0. The second kappa shape index (κ2) is 14.7. The van der Waals surface area contributed by atoms with Crippen molar-refractivity contribution in [3.8, 4) is 44.5 Å². The molecule has 0 atom stereocenters. The van der Waals surface area contributed by atoms with Crippen molar-refractivity contribution in [2.75, 3.05) is 13.2 Å². The molecule has 0 N–H and O–H groups in total. The zero-order chi connectivity index (χ0) is 38.2. The van der Waals surface area contributed by atoms with Gasteiger partial charge in [-0.15, -0.1) is 0 Å². The maximum Gasteiger partial charge on any atom is 0.338 e. The maximum absolute atomic E-state index is 13.2. The largest absolute Gasteiger partial charge is 0.462 e. The van der Waals surface area contributed by atoms with Crippen molar-refractivity contribution in [1.29, 1.82) is 0 Å². The first kappa shape index (κ1) is 34.7. The normalized spacial score (nSPS) is 11.3. The molecule has 0 aliphatic carbocycles. The standard InChI is InChI=1S/C52H38O4/c1-3-55-51(53)45-27-15-13-25-43(45)49-39-21-9-5-17-35(39)47(36-18-6-10-22-40(36)49)33-29-31-34(32-30-33)48-37-19-7-11-23-41(37)50(42-24-12-8-20-38(42)48)44-26-14-16-28-46(44)52(54)56-4-2/h5-32H,3-4H2,1-2H3. The Morgan fingerprint density at radius 2 is 0.589 bits per heavy atom. The number of hydrogen-bond donors (Lipinski definition) is 0. The molecule has 0 saturated carbocycles. The summed E-state index contributed by atoms with van der Waals surface area (Å²) in [7, 11) is 0. The van der Waals surface area contributed by atoms with Crippen LogP contribution in [0.5, 0.6) is 0 Å². The van der Waals surface area contributed by atoms with Crippen LogP contribution in [0.25, 0.3) is 87.6 Å². The van der Waals surface area contributed by atoms with Crippen LogP contribution in [0.1, 0.15) is 34.6 Å². The number of ether oxygens (including phenoxy) is 2. The molecule has 0 aliphatic heterocycles. The van der Waals surface area contributed by atoms with Gasteiger partial charge >= 0.3 is 11.9 Å². The molecule has 4 nitrogen and oxygen atoms in total. The number of hydrogen-bond acceptors (Lipinski definition) is 4. The van der Waals surface area contributed by atoms with E-state index in [1.807, 2.05) is 62.4 Å². The summed E-state index contributed by atoms with van der Waals surface area (Å²) in [4.78, 5) is 26.5. The topological polar surface area (TPSA) is 52.6 Å². The average molecular weight is 727 g/mol. The molecule has 0 aromatic heterocycles. The third-order valence-electron chi connectivity index (χ3n) is 10.7. The highest BCUT2D eigenvalue weighted by atomic mass is 16.5. The van der Waals surface area contributed by atoms with E-state index in [0.29, 0.717) is 24.3 Å². The van der Waals surface area contributed by atoms with Gasteiger partial charge in [0.05, 0.1) is 24.3 Å². The first-order valence-corrected chi connectivity index (χ1v) is 19.1. The van der Waals surface area contributed by atoms with Crippen molar-refractivity contribution in [1.82, 2.24) is 0 Å². The molecule has 0 heterocycles. The second-order valence-electron chi connectivity index (χ2n) is 13.8. The molecule has 0 radical (unpaired) electrons. The zero-order valence-electron chi connectivity index (χ0n) is 31.2. The van der Waals surface area contributed by atoms with Gasteiger partial charge in [0.1, 0.15) is 0 Å². The fourth-order valence-corrected chi connectivity index (χ4v) is 8.44. The zero-order valence-corrected chi connectivity index (χ0v) is 31.2. The Morgan fingerprint density at radius 1 is 0.339 bits per heavy atom. The molecule has 9 rings (SSSR count). The van der Waals surface area contributed by atoms with Crippen LogP contribution in [0.3, 0.4) is 0 Å². The lowest BCUT2D eigenvalue weighted by molar-refractivity contribution is 0.0517. The number of carbonyl (C=O) groups excluding carboxylic acids is 2. The van der Waals surface area contributed by atoms with Gasteiger partial charge < -0.3 is 9.47 Å². The molecule has 0 amide bonds. The predicted octanol–water partition coefficient (Wildman–Crippen LogP) is 13.3. The SMILES string of the molecule is CCOC(=O)c1ccccc1-c1c2ccccc2c(-c2ccc(-c3c4ccccc4c(-c4ccccc4C(=O)OCC)c4ccccc34)cc2)c2ccccc12. The van der Waals surface area contributed by atoms with E-state index in [1.165, 1.54) is 0 Å². The van der Waals surface area contributed by atoms with E-state index in [2.05, 4.69) is 121 Å². The van der Waals surface area contributed by atoms with Crippen LogP contribution in [-0.4, -0.2) is 25.2 Å². The highest BCUT2D eigenvalue weighted by molar-refractivity contribution is 6.24. The minimum Gasteiger partial charge on any atom is -0.462 e. The lowest BCUT2D eigenvalue weighted by Gasteiger charge is -2.20. The third-order valence-corrected chi connectivity index (χ3v) is 10.7. The summed E-state index contributed by atoms with van der Waals surface area (Å²) in [5.74, 6) is -0.653. The third kappa shape index (κ3) is 5.78. The van der Waals surface area contributed by atoms with E-state index in [9.17, 15) is 9.59 Å². The number of benzene rings is 9. The average Bonchev–Trinajstić information content (AvgIpc) is 3.25. The van der Waals surface area contributed by atoms with E-state index in [0.717, 1.165) is 87.6 Å². The number of rotatable bonds is 8. The Labute approximate surface area is 325 Å². The Bertz CT molecular complexity index is 2660. The highest BCUT2D eigenvalue weighted by Crippen LogP contribution is 2.47. The van der Waals surface area contributed by atoms with Crippen molar-refractivity contribution in [3.63, 3.8) is 0 Å². The van der Waals surface area contributed by atoms with Gasteiger partial charge in [0, 0.05) is 0 Å². The van der Waals surface area contributed by atoms with Gasteiger partial charge in [0.25, 0.3) is 0 Å². The van der Waals surface area contributed by atoms with Gasteiger partial charge in [-0.2, -0.15) is 0 Å². The summed E-state index contributed by atoms with van der Waals surface area (Å²) in [6, 6.07) is 58.2. The molecule has 0 spiro atoms. The smallest absolute Gasteiger partial charge is 0.338 e. The van der Waals surface area contributed by atoms with E-state index in [4.69, 9.17) is 9.47 Å². The number of fused-ring (bicyclic) bond motifs is 4. The molecule has 0 bridgehead atoms. The van der Waals surface area contributed by atoms with Crippen LogP contribution in [0.2, 0.25) is 0 Å². The van der Waals surface area contributed by atoms with Gasteiger partial charge in [-0.25, -0.2) is 9.59 Å². The first-order valence-electron chi connectivity index (χ1n) is 19.1. The molecule has 9 aromatic carbocycles. The van der Waals surface area contributed by atoms with Crippen LogP contribution in [-0.2, 0) is 9.47 Å². The van der Waals surface area contributed by atoms with Gasteiger partial charge in [-0.3, -0.25) is 0 Å². The predicted molar refractivity (Wildman–Crippen MR) is 230 cm³/mol. The van der Waals surface area contributed by atoms with E-state index in [1.54, 1.807) is 0 Å². The van der Waals surface area contributed by atoms with Gasteiger partial charge in [-0.1, -0.05) is 158 Å². The summed E-state index contributed by atoms with van der Waals surface area (Å²) < 4.78 is 11.0. The van der Waals surface area contributed by atoms with Gasteiger partial charge in [0.15, 0.2) is 0 Å². The first-order chi connectivity index (χ1) is 27.6. The van der Waals surface area contributed by atoms with Crippen molar-refractivity contribution < 1.29 is 19.1 Å². The van der Waals surface area contributed by atoms with Gasteiger partial charge in [-0.05, 0) is 114 Å². The Morgan fingerprint density at radius 3 is 0.875 bits per heavy atom. The molecule has 0 saturated heterocycles. The minimum atomic E-state index is -0.327. The van der Waals surface area contributed by atoms with Crippen molar-refractivity contribution in [2.24, 2.45) is 0 Å². The van der Waals surface area contributed by atoms with Gasteiger partial charge in [0.2, 0.25) is 0 Å².